The van der Waals surface area contributed by atoms with Gasteiger partial charge in [0, 0.05) is 30.1 Å². The minimum absolute atomic E-state index is 0.107. The van der Waals surface area contributed by atoms with Crippen molar-refractivity contribution < 1.29 is 23.1 Å². The van der Waals surface area contributed by atoms with Crippen molar-refractivity contribution in [3.8, 4) is 0 Å². The highest BCUT2D eigenvalue weighted by atomic mass is 19.4. The molecular weight excluding hydrogens is 271 g/mol. The summed E-state index contributed by atoms with van der Waals surface area (Å²) < 4.78 is 40.5. The lowest BCUT2D eigenvalue weighted by Crippen LogP contribution is -2.13. The van der Waals surface area contributed by atoms with Gasteiger partial charge in [-0.2, -0.15) is 13.2 Å². The number of alkyl halides is 3. The maximum absolute atomic E-state index is 12.9. The highest BCUT2D eigenvalue weighted by molar-refractivity contribution is 5.85. The number of aryl methyl sites for hydroxylation is 1. The first kappa shape index (κ1) is 14.4. The first-order valence-electron chi connectivity index (χ1n) is 6.09. The summed E-state index contributed by atoms with van der Waals surface area (Å²) in [5.74, 6) is -1.61. The first-order valence-corrected chi connectivity index (χ1v) is 6.09. The van der Waals surface area contributed by atoms with E-state index in [9.17, 15) is 18.0 Å². The highest BCUT2D eigenvalue weighted by Crippen LogP contribution is 2.36. The Hall–Kier alpha value is -1.98. The number of fused-ring (bicyclic) bond motifs is 1. The van der Waals surface area contributed by atoms with Gasteiger partial charge in [-0.25, -0.2) is 0 Å². The standard InChI is InChI=1S/C14H14F3NO2/c1-8(13(19)20)6-9-7-10-11(14(15,16)17)4-3-5-12(10)18(9)2/h3-5,7-8H,6H2,1-2H3,(H,19,20). The molecule has 20 heavy (non-hydrogen) atoms. The van der Waals surface area contributed by atoms with Gasteiger partial charge < -0.3 is 9.67 Å². The summed E-state index contributed by atoms with van der Waals surface area (Å²) in [5.41, 5.74) is 0.332. The molecule has 0 saturated heterocycles. The van der Waals surface area contributed by atoms with E-state index in [4.69, 9.17) is 5.11 Å². The molecule has 0 aliphatic carbocycles. The molecule has 1 N–H and O–H groups in total. The molecule has 108 valence electrons. The van der Waals surface area contributed by atoms with Gasteiger partial charge in [0.1, 0.15) is 0 Å². The van der Waals surface area contributed by atoms with Crippen molar-refractivity contribution in [2.24, 2.45) is 13.0 Å². The molecule has 1 aromatic carbocycles. The Morgan fingerprint density at radius 3 is 2.60 bits per heavy atom. The SMILES string of the molecule is CC(Cc1cc2c(C(F)(F)F)cccc2n1C)C(=O)O. The van der Waals surface area contributed by atoms with Crippen molar-refractivity contribution in [2.45, 2.75) is 19.5 Å². The van der Waals surface area contributed by atoms with Crippen LogP contribution in [0.25, 0.3) is 10.9 Å². The zero-order valence-corrected chi connectivity index (χ0v) is 11.0. The molecule has 0 aliphatic heterocycles. The van der Waals surface area contributed by atoms with Gasteiger partial charge in [0.05, 0.1) is 11.5 Å². The Morgan fingerprint density at radius 1 is 1.40 bits per heavy atom. The Morgan fingerprint density at radius 2 is 2.05 bits per heavy atom. The molecule has 1 unspecified atom stereocenters. The van der Waals surface area contributed by atoms with Crippen molar-refractivity contribution in [1.82, 2.24) is 4.57 Å². The molecule has 1 aromatic heterocycles. The number of hydrogen-bond acceptors (Lipinski definition) is 1. The molecule has 0 spiro atoms. The topological polar surface area (TPSA) is 42.2 Å². The van der Waals surface area contributed by atoms with Crippen LogP contribution in [-0.4, -0.2) is 15.6 Å². The number of carboxylic acids is 1. The van der Waals surface area contributed by atoms with E-state index in [0.717, 1.165) is 6.07 Å². The van der Waals surface area contributed by atoms with Crippen molar-refractivity contribution in [2.75, 3.05) is 0 Å². The first-order chi connectivity index (χ1) is 9.21. The number of aliphatic carboxylic acids is 1. The van der Waals surface area contributed by atoms with E-state index in [-0.39, 0.29) is 11.8 Å². The van der Waals surface area contributed by atoms with Crippen molar-refractivity contribution in [3.05, 3.63) is 35.5 Å². The van der Waals surface area contributed by atoms with Gasteiger partial charge in [-0.15, -0.1) is 0 Å². The van der Waals surface area contributed by atoms with Crippen molar-refractivity contribution in [1.29, 1.82) is 0 Å². The molecule has 0 saturated carbocycles. The number of aromatic nitrogens is 1. The van der Waals surface area contributed by atoms with Crippen LogP contribution in [-0.2, 0) is 24.4 Å². The van der Waals surface area contributed by atoms with Gasteiger partial charge in [0.2, 0.25) is 0 Å². The minimum Gasteiger partial charge on any atom is -0.481 e. The molecule has 0 bridgehead atoms. The molecule has 0 aliphatic rings. The van der Waals surface area contributed by atoms with E-state index in [1.807, 2.05) is 0 Å². The number of carbonyl (C=O) groups is 1. The molecular formula is C14H14F3NO2. The third kappa shape index (κ3) is 2.50. The van der Waals surface area contributed by atoms with Gasteiger partial charge in [0.15, 0.2) is 0 Å². The van der Waals surface area contributed by atoms with Crippen LogP contribution in [0.4, 0.5) is 13.2 Å². The van der Waals surface area contributed by atoms with Crippen LogP contribution in [0.5, 0.6) is 0 Å². The summed E-state index contributed by atoms with van der Waals surface area (Å²) in [6.07, 6.45) is -4.23. The summed E-state index contributed by atoms with van der Waals surface area (Å²) in [6.45, 7) is 1.53. The molecule has 2 rings (SSSR count). The van der Waals surface area contributed by atoms with Gasteiger partial charge in [0.25, 0.3) is 0 Å². The largest absolute Gasteiger partial charge is 0.481 e. The fraction of sp³-hybridized carbons (Fsp3) is 0.357. The average molecular weight is 285 g/mol. The number of benzene rings is 1. The minimum atomic E-state index is -4.42. The van der Waals surface area contributed by atoms with Crippen LogP contribution in [0.2, 0.25) is 0 Å². The van der Waals surface area contributed by atoms with E-state index in [1.54, 1.807) is 17.7 Å². The van der Waals surface area contributed by atoms with E-state index in [2.05, 4.69) is 0 Å². The average Bonchev–Trinajstić information content (AvgIpc) is 2.65. The predicted molar refractivity (Wildman–Crippen MR) is 68.4 cm³/mol. The molecule has 0 radical (unpaired) electrons. The van der Waals surface area contributed by atoms with Crippen LogP contribution in [0, 0.1) is 5.92 Å². The van der Waals surface area contributed by atoms with Gasteiger partial charge in [-0.3, -0.25) is 4.79 Å². The number of nitrogens with zero attached hydrogens (tertiary/aromatic N) is 1. The van der Waals surface area contributed by atoms with Gasteiger partial charge in [-0.05, 0) is 18.2 Å². The zero-order valence-electron chi connectivity index (χ0n) is 11.0. The lowest BCUT2D eigenvalue weighted by molar-refractivity contribution is -0.141. The second kappa shape index (κ2) is 4.85. The summed E-state index contributed by atoms with van der Waals surface area (Å²) in [7, 11) is 1.65. The Kier molecular flexibility index (Phi) is 3.50. The van der Waals surface area contributed by atoms with Crippen LogP contribution in [0.3, 0.4) is 0 Å². The fourth-order valence-corrected chi connectivity index (χ4v) is 2.26. The molecule has 0 fully saturated rings. The van der Waals surface area contributed by atoms with E-state index in [0.29, 0.717) is 11.2 Å². The summed E-state index contributed by atoms with van der Waals surface area (Å²) in [6, 6.07) is 5.42. The zero-order chi connectivity index (χ0) is 15.1. The molecule has 3 nitrogen and oxygen atoms in total. The predicted octanol–water partition coefficient (Wildman–Crippen LogP) is 3.46. The molecule has 0 amide bonds. The molecule has 1 atom stereocenters. The highest BCUT2D eigenvalue weighted by Gasteiger charge is 2.33. The van der Waals surface area contributed by atoms with E-state index >= 15 is 0 Å². The summed E-state index contributed by atoms with van der Waals surface area (Å²) in [5, 5.41) is 9.01. The molecule has 2 aromatic rings. The van der Waals surface area contributed by atoms with Gasteiger partial charge >= 0.3 is 12.1 Å². The third-order valence-electron chi connectivity index (χ3n) is 3.43. The number of halogens is 3. The van der Waals surface area contributed by atoms with E-state index < -0.39 is 23.6 Å². The Labute approximate surface area is 113 Å². The van der Waals surface area contributed by atoms with Crippen LogP contribution in [0.15, 0.2) is 24.3 Å². The lowest BCUT2D eigenvalue weighted by Gasteiger charge is -2.08. The van der Waals surface area contributed by atoms with Crippen LogP contribution >= 0.6 is 0 Å². The maximum atomic E-state index is 12.9. The fourth-order valence-electron chi connectivity index (χ4n) is 2.26. The molecule has 6 heteroatoms. The third-order valence-corrected chi connectivity index (χ3v) is 3.43. The monoisotopic (exact) mass is 285 g/mol. The summed E-state index contributed by atoms with van der Waals surface area (Å²) in [4.78, 5) is 10.9. The van der Waals surface area contributed by atoms with E-state index in [1.165, 1.54) is 19.1 Å². The smallest absolute Gasteiger partial charge is 0.417 e. The van der Waals surface area contributed by atoms with Crippen molar-refractivity contribution in [3.63, 3.8) is 0 Å². The number of carboxylic acid groups (broad SMARTS) is 1. The Balaban J connectivity index is 2.55. The van der Waals surface area contributed by atoms with Crippen LogP contribution in [0.1, 0.15) is 18.2 Å². The second-order valence-corrected chi connectivity index (χ2v) is 4.87. The lowest BCUT2D eigenvalue weighted by atomic mass is 10.1. The number of hydrogen-bond donors (Lipinski definition) is 1. The maximum Gasteiger partial charge on any atom is 0.417 e. The Bertz CT molecular complexity index is 658. The molecule has 1 heterocycles. The normalized spacial score (nSPS) is 13.7. The second-order valence-electron chi connectivity index (χ2n) is 4.87. The van der Waals surface area contributed by atoms with Gasteiger partial charge in [-0.1, -0.05) is 13.0 Å². The quantitative estimate of drug-likeness (QED) is 0.938. The van der Waals surface area contributed by atoms with Crippen molar-refractivity contribution >= 4 is 16.9 Å². The summed E-state index contributed by atoms with van der Waals surface area (Å²) >= 11 is 0. The van der Waals surface area contributed by atoms with Crippen LogP contribution < -0.4 is 0 Å². The number of rotatable bonds is 3.